The SMILES string of the molecule is O=c1ccc(N2CCCCC2CNc2ccncc2Cl)n[nH]1. The second-order valence-corrected chi connectivity index (χ2v) is 5.77. The lowest BCUT2D eigenvalue weighted by atomic mass is 10.0. The molecule has 7 heteroatoms. The minimum absolute atomic E-state index is 0.181. The fourth-order valence-electron chi connectivity index (χ4n) is 2.76. The molecule has 2 N–H and O–H groups in total. The summed E-state index contributed by atoms with van der Waals surface area (Å²) in [6.45, 7) is 1.71. The maximum Gasteiger partial charge on any atom is 0.264 e. The quantitative estimate of drug-likeness (QED) is 0.904. The molecule has 0 amide bonds. The second-order valence-electron chi connectivity index (χ2n) is 5.36. The molecule has 22 heavy (non-hydrogen) atoms. The molecule has 6 nitrogen and oxygen atoms in total. The molecule has 1 fully saturated rings. The molecule has 0 spiro atoms. The van der Waals surface area contributed by atoms with Crippen LogP contribution in [0.1, 0.15) is 19.3 Å². The summed E-state index contributed by atoms with van der Waals surface area (Å²) in [5.41, 5.74) is 0.704. The van der Waals surface area contributed by atoms with Crippen LogP contribution in [0.4, 0.5) is 11.5 Å². The van der Waals surface area contributed by atoms with Gasteiger partial charge >= 0.3 is 0 Å². The van der Waals surface area contributed by atoms with Gasteiger partial charge in [0, 0.05) is 37.6 Å². The Morgan fingerprint density at radius 1 is 1.36 bits per heavy atom. The third kappa shape index (κ3) is 3.39. The average molecular weight is 320 g/mol. The van der Waals surface area contributed by atoms with Crippen LogP contribution in [-0.2, 0) is 0 Å². The van der Waals surface area contributed by atoms with Gasteiger partial charge in [-0.3, -0.25) is 9.78 Å². The summed E-state index contributed by atoms with van der Waals surface area (Å²) in [6, 6.07) is 5.47. The van der Waals surface area contributed by atoms with E-state index in [4.69, 9.17) is 11.6 Å². The van der Waals surface area contributed by atoms with Gasteiger partial charge in [0.15, 0.2) is 0 Å². The first-order valence-electron chi connectivity index (χ1n) is 7.40. The Kier molecular flexibility index (Phi) is 4.58. The Bertz CT molecular complexity index is 669. The number of hydrogen-bond acceptors (Lipinski definition) is 5. The van der Waals surface area contributed by atoms with Gasteiger partial charge in [-0.05, 0) is 31.4 Å². The van der Waals surface area contributed by atoms with Crippen LogP contribution < -0.4 is 15.8 Å². The highest BCUT2D eigenvalue weighted by atomic mass is 35.5. The minimum Gasteiger partial charge on any atom is -0.382 e. The van der Waals surface area contributed by atoms with Crippen molar-refractivity contribution in [2.24, 2.45) is 0 Å². The van der Waals surface area contributed by atoms with Gasteiger partial charge < -0.3 is 10.2 Å². The zero-order chi connectivity index (χ0) is 15.4. The molecule has 1 aliphatic rings. The predicted octanol–water partition coefficient (Wildman–Crippen LogP) is 2.29. The summed E-state index contributed by atoms with van der Waals surface area (Å²) in [5.74, 6) is 0.812. The molecule has 2 aromatic heterocycles. The highest BCUT2D eigenvalue weighted by Gasteiger charge is 2.23. The molecule has 3 heterocycles. The van der Waals surface area contributed by atoms with Crippen molar-refractivity contribution in [3.05, 3.63) is 46.0 Å². The average Bonchev–Trinajstić information content (AvgIpc) is 2.55. The van der Waals surface area contributed by atoms with Crippen LogP contribution in [0.25, 0.3) is 0 Å². The van der Waals surface area contributed by atoms with Gasteiger partial charge in [0.25, 0.3) is 5.56 Å². The van der Waals surface area contributed by atoms with E-state index in [2.05, 4.69) is 25.4 Å². The zero-order valence-corrected chi connectivity index (χ0v) is 12.9. The largest absolute Gasteiger partial charge is 0.382 e. The lowest BCUT2D eigenvalue weighted by Gasteiger charge is -2.36. The summed E-state index contributed by atoms with van der Waals surface area (Å²) in [5, 5.41) is 10.7. The van der Waals surface area contributed by atoms with Crippen LogP contribution >= 0.6 is 11.6 Å². The number of pyridine rings is 1. The van der Waals surface area contributed by atoms with Crippen molar-refractivity contribution in [3.8, 4) is 0 Å². The smallest absolute Gasteiger partial charge is 0.264 e. The van der Waals surface area contributed by atoms with Gasteiger partial charge in [-0.15, -0.1) is 0 Å². The van der Waals surface area contributed by atoms with Crippen LogP contribution in [0.15, 0.2) is 35.4 Å². The highest BCUT2D eigenvalue weighted by Crippen LogP contribution is 2.24. The Morgan fingerprint density at radius 2 is 2.27 bits per heavy atom. The van der Waals surface area contributed by atoms with Crippen molar-refractivity contribution in [3.63, 3.8) is 0 Å². The van der Waals surface area contributed by atoms with Gasteiger partial charge in [0.05, 0.1) is 10.7 Å². The van der Waals surface area contributed by atoms with E-state index in [1.165, 1.54) is 12.5 Å². The number of rotatable bonds is 4. The van der Waals surface area contributed by atoms with Crippen molar-refractivity contribution < 1.29 is 0 Å². The maximum absolute atomic E-state index is 11.2. The van der Waals surface area contributed by atoms with Crippen LogP contribution in [0.2, 0.25) is 5.02 Å². The summed E-state index contributed by atoms with van der Waals surface area (Å²) < 4.78 is 0. The van der Waals surface area contributed by atoms with Crippen LogP contribution in [0.5, 0.6) is 0 Å². The normalized spacial score (nSPS) is 18.2. The molecule has 1 saturated heterocycles. The van der Waals surface area contributed by atoms with E-state index < -0.39 is 0 Å². The molecule has 1 unspecified atom stereocenters. The molecule has 0 aliphatic carbocycles. The van der Waals surface area contributed by atoms with Crippen LogP contribution in [0, 0.1) is 0 Å². The maximum atomic E-state index is 11.2. The first kappa shape index (κ1) is 14.8. The number of anilines is 2. The molecule has 1 aliphatic heterocycles. The van der Waals surface area contributed by atoms with Crippen molar-refractivity contribution >= 4 is 23.1 Å². The highest BCUT2D eigenvalue weighted by molar-refractivity contribution is 6.33. The molecule has 0 saturated carbocycles. The minimum atomic E-state index is -0.181. The molecular weight excluding hydrogens is 302 g/mol. The van der Waals surface area contributed by atoms with Crippen molar-refractivity contribution in [1.29, 1.82) is 0 Å². The van der Waals surface area contributed by atoms with Crippen molar-refractivity contribution in [2.75, 3.05) is 23.3 Å². The van der Waals surface area contributed by atoms with E-state index >= 15 is 0 Å². The summed E-state index contributed by atoms with van der Waals surface area (Å²) in [7, 11) is 0. The number of aromatic amines is 1. The van der Waals surface area contributed by atoms with Gasteiger partial charge in [-0.25, -0.2) is 5.10 Å². The number of nitrogens with zero attached hydrogens (tertiary/aromatic N) is 3. The van der Waals surface area contributed by atoms with E-state index in [-0.39, 0.29) is 5.56 Å². The van der Waals surface area contributed by atoms with Crippen LogP contribution in [-0.4, -0.2) is 34.3 Å². The third-order valence-electron chi connectivity index (χ3n) is 3.89. The Morgan fingerprint density at radius 3 is 3.05 bits per heavy atom. The number of piperidine rings is 1. The Hall–Kier alpha value is -2.08. The molecule has 3 rings (SSSR count). The number of aromatic nitrogens is 3. The summed E-state index contributed by atoms with van der Waals surface area (Å²) >= 11 is 6.12. The van der Waals surface area contributed by atoms with Gasteiger partial charge in [0.1, 0.15) is 5.82 Å². The predicted molar refractivity (Wildman–Crippen MR) is 87.6 cm³/mol. The molecule has 0 aromatic carbocycles. The van der Waals surface area contributed by atoms with Crippen molar-refractivity contribution in [1.82, 2.24) is 15.2 Å². The molecular formula is C15H18ClN5O. The standard InChI is InChI=1S/C15H18ClN5O/c16-12-10-17-7-6-13(12)18-9-11-3-1-2-8-21(11)14-4-5-15(22)20-19-14/h4-7,10-11H,1-3,8-9H2,(H,17,18)(H,20,22). The van der Waals surface area contributed by atoms with Crippen molar-refractivity contribution in [2.45, 2.75) is 25.3 Å². The van der Waals surface area contributed by atoms with Gasteiger partial charge in [-0.1, -0.05) is 11.6 Å². The first-order valence-corrected chi connectivity index (χ1v) is 7.77. The van der Waals surface area contributed by atoms with E-state index in [9.17, 15) is 4.79 Å². The van der Waals surface area contributed by atoms with E-state index in [1.807, 2.05) is 6.07 Å². The molecule has 1 atom stereocenters. The number of hydrogen-bond donors (Lipinski definition) is 2. The number of halogens is 1. The van der Waals surface area contributed by atoms with E-state index in [0.717, 1.165) is 37.4 Å². The molecule has 0 bridgehead atoms. The van der Waals surface area contributed by atoms with Crippen LogP contribution in [0.3, 0.4) is 0 Å². The summed E-state index contributed by atoms with van der Waals surface area (Å²) in [6.07, 6.45) is 6.75. The summed E-state index contributed by atoms with van der Waals surface area (Å²) in [4.78, 5) is 17.4. The number of H-pyrrole nitrogens is 1. The van der Waals surface area contributed by atoms with E-state index in [0.29, 0.717) is 11.1 Å². The molecule has 2 aromatic rings. The number of nitrogens with one attached hydrogen (secondary N) is 2. The zero-order valence-electron chi connectivity index (χ0n) is 12.1. The fourth-order valence-corrected chi connectivity index (χ4v) is 2.94. The molecule has 116 valence electrons. The monoisotopic (exact) mass is 319 g/mol. The lowest BCUT2D eigenvalue weighted by Crippen LogP contribution is -2.44. The van der Waals surface area contributed by atoms with E-state index in [1.54, 1.807) is 18.5 Å². The first-order chi connectivity index (χ1) is 10.7. The Balaban J connectivity index is 1.71. The Labute approximate surface area is 133 Å². The second kappa shape index (κ2) is 6.79. The fraction of sp³-hybridized carbons (Fsp3) is 0.400. The van der Waals surface area contributed by atoms with Gasteiger partial charge in [0.2, 0.25) is 0 Å². The topological polar surface area (TPSA) is 73.9 Å². The molecule has 0 radical (unpaired) electrons. The lowest BCUT2D eigenvalue weighted by molar-refractivity contribution is 0.467. The third-order valence-corrected chi connectivity index (χ3v) is 4.19. The van der Waals surface area contributed by atoms with Gasteiger partial charge in [-0.2, -0.15) is 5.10 Å².